The van der Waals surface area contributed by atoms with Crippen LogP contribution in [0.4, 0.5) is 11.5 Å². The van der Waals surface area contributed by atoms with E-state index in [1.165, 1.54) is 12.3 Å². The molecule has 0 unspecified atom stereocenters. The van der Waals surface area contributed by atoms with Gasteiger partial charge in [0.05, 0.1) is 4.92 Å². The average molecular weight is 345 g/mol. The molecule has 0 atom stereocenters. The van der Waals surface area contributed by atoms with Gasteiger partial charge in [0.25, 0.3) is 0 Å². The third-order valence-electron chi connectivity index (χ3n) is 2.19. The van der Waals surface area contributed by atoms with Crippen molar-refractivity contribution in [3.63, 3.8) is 0 Å². The topological polar surface area (TPSA) is 97.2 Å². The Balaban J connectivity index is 2.58. The molecule has 0 fully saturated rings. The van der Waals surface area contributed by atoms with Gasteiger partial charge in [0, 0.05) is 35.2 Å². The number of amides is 1. The maximum Gasteiger partial charge on any atom is 0.312 e. The number of hydrogen-bond donors (Lipinski definition) is 2. The predicted octanol–water partition coefficient (Wildman–Crippen LogP) is 2.47. The number of pyridine rings is 1. The van der Waals surface area contributed by atoms with Gasteiger partial charge in [0.15, 0.2) is 0 Å². The number of hydrogen-bond acceptors (Lipinski definition) is 5. The van der Waals surface area contributed by atoms with Crippen LogP contribution in [0.3, 0.4) is 0 Å². The van der Waals surface area contributed by atoms with E-state index in [9.17, 15) is 14.9 Å². The van der Waals surface area contributed by atoms with E-state index in [1.807, 2.05) is 20.8 Å². The third kappa shape index (κ3) is 5.52. The second-order valence-electron chi connectivity index (χ2n) is 5.25. The van der Waals surface area contributed by atoms with Crippen LogP contribution in [0.5, 0.6) is 0 Å². The summed E-state index contributed by atoms with van der Waals surface area (Å²) in [6, 6.07) is 1.37. The Hall–Kier alpha value is -1.70. The number of carbonyl (C=O) groups excluding carboxylic acids is 1. The molecule has 0 aliphatic heterocycles. The SMILES string of the molecule is CC(C)(C)NC(=O)CCNc1ncc(Br)cc1[N+](=O)[O-]. The molecule has 1 amide bonds. The van der Waals surface area contributed by atoms with Crippen LogP contribution in [0.1, 0.15) is 27.2 Å². The van der Waals surface area contributed by atoms with E-state index in [1.54, 1.807) is 0 Å². The number of nitro groups is 1. The minimum absolute atomic E-state index is 0.121. The highest BCUT2D eigenvalue weighted by molar-refractivity contribution is 9.10. The van der Waals surface area contributed by atoms with Crippen molar-refractivity contribution >= 4 is 33.3 Å². The highest BCUT2D eigenvalue weighted by Crippen LogP contribution is 2.25. The summed E-state index contributed by atoms with van der Waals surface area (Å²) in [5.74, 6) is 0.0338. The third-order valence-corrected chi connectivity index (χ3v) is 2.62. The van der Waals surface area contributed by atoms with Crippen molar-refractivity contribution in [2.45, 2.75) is 32.7 Å². The van der Waals surface area contributed by atoms with Crippen molar-refractivity contribution in [1.82, 2.24) is 10.3 Å². The predicted molar refractivity (Wildman–Crippen MR) is 79.6 cm³/mol. The number of carbonyl (C=O) groups is 1. The van der Waals surface area contributed by atoms with E-state index in [2.05, 4.69) is 31.5 Å². The molecule has 1 rings (SSSR count). The first-order valence-corrected chi connectivity index (χ1v) is 6.83. The zero-order valence-electron chi connectivity index (χ0n) is 11.6. The van der Waals surface area contributed by atoms with Crippen LogP contribution in [-0.4, -0.2) is 27.9 Å². The molecule has 7 nitrogen and oxygen atoms in total. The standard InChI is InChI=1S/C12H17BrN4O3/c1-12(2,3)16-10(18)4-5-14-11-9(17(19)20)6-8(13)7-15-11/h6-7H,4-5H2,1-3H3,(H,14,15)(H,16,18). The molecule has 2 N–H and O–H groups in total. The van der Waals surface area contributed by atoms with Crippen LogP contribution in [0.25, 0.3) is 0 Å². The molecule has 0 aliphatic carbocycles. The Labute approximate surface area is 125 Å². The molecule has 20 heavy (non-hydrogen) atoms. The van der Waals surface area contributed by atoms with Crippen molar-refractivity contribution in [3.8, 4) is 0 Å². The van der Waals surface area contributed by atoms with Gasteiger partial charge < -0.3 is 10.6 Å². The van der Waals surface area contributed by atoms with Gasteiger partial charge in [-0.05, 0) is 36.7 Å². The average Bonchev–Trinajstić information content (AvgIpc) is 2.28. The van der Waals surface area contributed by atoms with E-state index in [0.717, 1.165) is 0 Å². The van der Waals surface area contributed by atoms with E-state index >= 15 is 0 Å². The molecule has 1 aromatic rings. The van der Waals surface area contributed by atoms with Crippen LogP contribution >= 0.6 is 15.9 Å². The zero-order chi connectivity index (χ0) is 15.3. The van der Waals surface area contributed by atoms with Gasteiger partial charge in [-0.3, -0.25) is 14.9 Å². The Morgan fingerprint density at radius 1 is 1.50 bits per heavy atom. The molecule has 110 valence electrons. The van der Waals surface area contributed by atoms with Gasteiger partial charge in [0.2, 0.25) is 11.7 Å². The monoisotopic (exact) mass is 344 g/mol. The van der Waals surface area contributed by atoms with E-state index in [-0.39, 0.29) is 35.9 Å². The van der Waals surface area contributed by atoms with Crippen molar-refractivity contribution in [2.75, 3.05) is 11.9 Å². The zero-order valence-corrected chi connectivity index (χ0v) is 13.2. The molecular weight excluding hydrogens is 328 g/mol. The Bertz CT molecular complexity index is 514. The second kappa shape index (κ2) is 6.65. The molecule has 0 aromatic carbocycles. The minimum atomic E-state index is -0.519. The first-order chi connectivity index (χ1) is 9.19. The van der Waals surface area contributed by atoms with Crippen molar-refractivity contribution in [1.29, 1.82) is 0 Å². The molecule has 0 radical (unpaired) electrons. The minimum Gasteiger partial charge on any atom is -0.364 e. The number of halogens is 1. The fraction of sp³-hybridized carbons (Fsp3) is 0.500. The summed E-state index contributed by atoms with van der Waals surface area (Å²) in [5.41, 5.74) is -0.422. The van der Waals surface area contributed by atoms with Crippen LogP contribution in [0.2, 0.25) is 0 Å². The summed E-state index contributed by atoms with van der Waals surface area (Å²) in [5, 5.41) is 16.5. The highest BCUT2D eigenvalue weighted by Gasteiger charge is 2.17. The number of aromatic nitrogens is 1. The first kappa shape index (κ1) is 16.4. The fourth-order valence-corrected chi connectivity index (χ4v) is 1.80. The van der Waals surface area contributed by atoms with E-state index in [0.29, 0.717) is 4.47 Å². The second-order valence-corrected chi connectivity index (χ2v) is 6.17. The Morgan fingerprint density at radius 3 is 2.70 bits per heavy atom. The van der Waals surface area contributed by atoms with Gasteiger partial charge >= 0.3 is 5.69 Å². The van der Waals surface area contributed by atoms with Gasteiger partial charge in [-0.25, -0.2) is 4.98 Å². The summed E-state index contributed by atoms with van der Waals surface area (Å²) in [6.45, 7) is 5.94. The van der Waals surface area contributed by atoms with Crippen LogP contribution in [-0.2, 0) is 4.79 Å². The largest absolute Gasteiger partial charge is 0.364 e. The number of anilines is 1. The normalized spacial score (nSPS) is 11.0. The summed E-state index contributed by atoms with van der Waals surface area (Å²) in [6.07, 6.45) is 1.68. The number of nitrogens with one attached hydrogen (secondary N) is 2. The van der Waals surface area contributed by atoms with E-state index < -0.39 is 4.92 Å². The lowest BCUT2D eigenvalue weighted by Crippen LogP contribution is -2.41. The van der Waals surface area contributed by atoms with Crippen LogP contribution in [0.15, 0.2) is 16.7 Å². The maximum absolute atomic E-state index is 11.6. The van der Waals surface area contributed by atoms with Crippen molar-refractivity contribution in [2.24, 2.45) is 0 Å². The lowest BCUT2D eigenvalue weighted by Gasteiger charge is -2.20. The first-order valence-electron chi connectivity index (χ1n) is 6.04. The Morgan fingerprint density at radius 2 is 2.15 bits per heavy atom. The molecule has 1 aromatic heterocycles. The van der Waals surface area contributed by atoms with Crippen LogP contribution in [0, 0.1) is 10.1 Å². The molecule has 0 saturated heterocycles. The molecule has 0 bridgehead atoms. The van der Waals surface area contributed by atoms with Gasteiger partial charge in [-0.1, -0.05) is 0 Å². The summed E-state index contributed by atoms with van der Waals surface area (Å²) < 4.78 is 0.528. The number of rotatable bonds is 5. The molecule has 8 heteroatoms. The van der Waals surface area contributed by atoms with Crippen molar-refractivity contribution < 1.29 is 9.72 Å². The molecule has 0 aliphatic rings. The van der Waals surface area contributed by atoms with E-state index in [4.69, 9.17) is 0 Å². The highest BCUT2D eigenvalue weighted by atomic mass is 79.9. The molecule has 0 spiro atoms. The molecule has 1 heterocycles. The molecular formula is C12H17BrN4O3. The summed E-state index contributed by atoms with van der Waals surface area (Å²) in [7, 11) is 0. The maximum atomic E-state index is 11.6. The lowest BCUT2D eigenvalue weighted by molar-refractivity contribution is -0.384. The quantitative estimate of drug-likeness (QED) is 0.631. The smallest absolute Gasteiger partial charge is 0.312 e. The van der Waals surface area contributed by atoms with Crippen LogP contribution < -0.4 is 10.6 Å². The summed E-state index contributed by atoms with van der Waals surface area (Å²) in [4.78, 5) is 25.9. The Kier molecular flexibility index (Phi) is 5.43. The lowest BCUT2D eigenvalue weighted by atomic mass is 10.1. The fourth-order valence-electron chi connectivity index (χ4n) is 1.48. The van der Waals surface area contributed by atoms with Gasteiger partial charge in [0.1, 0.15) is 0 Å². The van der Waals surface area contributed by atoms with Gasteiger partial charge in [-0.15, -0.1) is 0 Å². The van der Waals surface area contributed by atoms with Gasteiger partial charge in [-0.2, -0.15) is 0 Å². The molecule has 0 saturated carbocycles. The number of nitrogens with zero attached hydrogens (tertiary/aromatic N) is 2. The summed E-state index contributed by atoms with van der Waals surface area (Å²) >= 11 is 3.13. The van der Waals surface area contributed by atoms with Crippen molar-refractivity contribution in [3.05, 3.63) is 26.9 Å².